The van der Waals surface area contributed by atoms with E-state index in [2.05, 4.69) is 25.2 Å². The van der Waals surface area contributed by atoms with Gasteiger partial charge in [0.15, 0.2) is 0 Å². The molecule has 1 aliphatic carbocycles. The maximum absolute atomic E-state index is 6.40. The zero-order chi connectivity index (χ0) is 14.0. The molecule has 0 aromatic carbocycles. The van der Waals surface area contributed by atoms with Crippen LogP contribution in [0.4, 0.5) is 0 Å². The molecule has 2 aliphatic rings. The highest BCUT2D eigenvalue weighted by Crippen LogP contribution is 2.41. The van der Waals surface area contributed by atoms with Gasteiger partial charge in [0.25, 0.3) is 0 Å². The fourth-order valence-corrected chi connectivity index (χ4v) is 4.72. The Kier molecular flexibility index (Phi) is 4.49. The van der Waals surface area contributed by atoms with Crippen molar-refractivity contribution in [3.8, 4) is 0 Å². The SMILES string of the molecule is Cc1cc(CNCC2CCC3(CCCCC3)O2)sc1C. The molecule has 1 atom stereocenters. The minimum atomic E-state index is 0.265. The summed E-state index contributed by atoms with van der Waals surface area (Å²) in [5.41, 5.74) is 1.69. The average molecular weight is 293 g/mol. The highest BCUT2D eigenvalue weighted by atomic mass is 32.1. The van der Waals surface area contributed by atoms with Gasteiger partial charge < -0.3 is 10.1 Å². The highest BCUT2D eigenvalue weighted by Gasteiger charge is 2.40. The smallest absolute Gasteiger partial charge is 0.0708 e. The molecule has 1 N–H and O–H groups in total. The molecule has 1 aliphatic heterocycles. The molecule has 1 unspecified atom stereocenters. The van der Waals surface area contributed by atoms with Crippen LogP contribution < -0.4 is 5.32 Å². The second-order valence-corrected chi connectivity index (χ2v) is 7.95. The molecule has 2 nitrogen and oxygen atoms in total. The van der Waals surface area contributed by atoms with Crippen LogP contribution in [-0.4, -0.2) is 18.2 Å². The van der Waals surface area contributed by atoms with Gasteiger partial charge in [0.2, 0.25) is 0 Å². The third kappa shape index (κ3) is 3.26. The highest BCUT2D eigenvalue weighted by molar-refractivity contribution is 7.12. The zero-order valence-electron chi connectivity index (χ0n) is 12.8. The lowest BCUT2D eigenvalue weighted by Gasteiger charge is -2.33. The minimum absolute atomic E-state index is 0.265. The van der Waals surface area contributed by atoms with Crippen molar-refractivity contribution in [3.63, 3.8) is 0 Å². The number of nitrogens with one attached hydrogen (secondary N) is 1. The lowest BCUT2D eigenvalue weighted by Crippen LogP contribution is -2.34. The molecular formula is C17H27NOS. The molecule has 0 amide bonds. The van der Waals surface area contributed by atoms with E-state index in [1.54, 1.807) is 0 Å². The Morgan fingerprint density at radius 1 is 1.25 bits per heavy atom. The van der Waals surface area contributed by atoms with Crippen LogP contribution in [0.5, 0.6) is 0 Å². The van der Waals surface area contributed by atoms with Gasteiger partial charge in [-0.15, -0.1) is 11.3 Å². The Hall–Kier alpha value is -0.380. The Morgan fingerprint density at radius 3 is 2.75 bits per heavy atom. The summed E-state index contributed by atoms with van der Waals surface area (Å²) in [5.74, 6) is 0. The molecule has 1 spiro atoms. The molecule has 0 radical (unpaired) electrons. The van der Waals surface area contributed by atoms with Gasteiger partial charge in [-0.05, 0) is 51.2 Å². The summed E-state index contributed by atoms with van der Waals surface area (Å²) in [7, 11) is 0. The van der Waals surface area contributed by atoms with E-state index in [1.165, 1.54) is 60.3 Å². The van der Waals surface area contributed by atoms with Crippen molar-refractivity contribution in [3.05, 3.63) is 21.4 Å². The Labute approximate surface area is 126 Å². The first-order chi connectivity index (χ1) is 9.67. The fraction of sp³-hybridized carbons (Fsp3) is 0.765. The quantitative estimate of drug-likeness (QED) is 0.892. The monoisotopic (exact) mass is 293 g/mol. The molecule has 20 heavy (non-hydrogen) atoms. The molecule has 1 saturated carbocycles. The number of thiophene rings is 1. The Morgan fingerprint density at radius 2 is 2.05 bits per heavy atom. The summed E-state index contributed by atoms with van der Waals surface area (Å²) in [4.78, 5) is 2.89. The number of ether oxygens (including phenoxy) is 1. The van der Waals surface area contributed by atoms with E-state index in [1.807, 2.05) is 11.3 Å². The summed E-state index contributed by atoms with van der Waals surface area (Å²) in [6, 6.07) is 2.31. The van der Waals surface area contributed by atoms with Gasteiger partial charge in [-0.2, -0.15) is 0 Å². The van der Waals surface area contributed by atoms with Gasteiger partial charge in [0.05, 0.1) is 11.7 Å². The largest absolute Gasteiger partial charge is 0.370 e. The summed E-state index contributed by atoms with van der Waals surface area (Å²) in [5, 5.41) is 3.59. The van der Waals surface area contributed by atoms with Gasteiger partial charge in [0, 0.05) is 22.8 Å². The average Bonchev–Trinajstić information content (AvgIpc) is 2.96. The predicted molar refractivity (Wildman–Crippen MR) is 85.4 cm³/mol. The van der Waals surface area contributed by atoms with E-state index in [9.17, 15) is 0 Å². The van der Waals surface area contributed by atoms with Crippen LogP contribution >= 0.6 is 11.3 Å². The topological polar surface area (TPSA) is 21.3 Å². The van der Waals surface area contributed by atoms with Crippen LogP contribution in [0.1, 0.15) is 60.3 Å². The molecule has 1 aromatic heterocycles. The lowest BCUT2D eigenvalue weighted by atomic mass is 9.83. The summed E-state index contributed by atoms with van der Waals surface area (Å²) >= 11 is 1.92. The Bertz CT molecular complexity index is 428. The first-order valence-electron chi connectivity index (χ1n) is 8.11. The maximum atomic E-state index is 6.40. The zero-order valence-corrected chi connectivity index (χ0v) is 13.7. The van der Waals surface area contributed by atoms with Gasteiger partial charge in [-0.1, -0.05) is 19.3 Å². The van der Waals surface area contributed by atoms with Gasteiger partial charge >= 0.3 is 0 Å². The normalized spacial score (nSPS) is 25.4. The predicted octanol–water partition coefficient (Wildman–Crippen LogP) is 4.34. The molecule has 3 heteroatoms. The number of aryl methyl sites for hydroxylation is 2. The second kappa shape index (κ2) is 6.17. The molecule has 3 rings (SSSR count). The van der Waals surface area contributed by atoms with E-state index in [0.717, 1.165) is 13.1 Å². The lowest BCUT2D eigenvalue weighted by molar-refractivity contribution is -0.0624. The van der Waals surface area contributed by atoms with Gasteiger partial charge in [-0.3, -0.25) is 0 Å². The van der Waals surface area contributed by atoms with Crippen LogP contribution in [-0.2, 0) is 11.3 Å². The van der Waals surface area contributed by atoms with Crippen molar-refractivity contribution in [1.29, 1.82) is 0 Å². The number of hydrogen-bond donors (Lipinski definition) is 1. The summed E-state index contributed by atoms with van der Waals surface area (Å²) < 4.78 is 6.40. The van der Waals surface area contributed by atoms with Crippen molar-refractivity contribution in [2.75, 3.05) is 6.54 Å². The molecular weight excluding hydrogens is 266 g/mol. The third-order valence-electron chi connectivity index (χ3n) is 4.99. The van der Waals surface area contributed by atoms with Gasteiger partial charge in [-0.25, -0.2) is 0 Å². The Balaban J connectivity index is 1.43. The molecule has 1 saturated heterocycles. The van der Waals surface area contributed by atoms with Crippen molar-refractivity contribution in [2.24, 2.45) is 0 Å². The summed E-state index contributed by atoms with van der Waals surface area (Å²) in [6.07, 6.45) is 9.72. The van der Waals surface area contributed by atoms with Crippen LogP contribution in [0.3, 0.4) is 0 Å². The minimum Gasteiger partial charge on any atom is -0.370 e. The first kappa shape index (κ1) is 14.6. The van der Waals surface area contributed by atoms with E-state index >= 15 is 0 Å². The number of rotatable bonds is 4. The van der Waals surface area contributed by atoms with Crippen LogP contribution in [0.2, 0.25) is 0 Å². The van der Waals surface area contributed by atoms with Crippen LogP contribution in [0.25, 0.3) is 0 Å². The second-order valence-electron chi connectivity index (χ2n) is 6.61. The maximum Gasteiger partial charge on any atom is 0.0708 e. The van der Waals surface area contributed by atoms with E-state index in [-0.39, 0.29) is 5.60 Å². The number of hydrogen-bond acceptors (Lipinski definition) is 3. The van der Waals surface area contributed by atoms with Crippen LogP contribution in [0, 0.1) is 13.8 Å². The molecule has 2 heterocycles. The fourth-order valence-electron chi connectivity index (χ4n) is 3.70. The molecule has 1 aromatic rings. The third-order valence-corrected chi connectivity index (χ3v) is 6.14. The van der Waals surface area contributed by atoms with E-state index in [0.29, 0.717) is 6.10 Å². The van der Waals surface area contributed by atoms with Crippen molar-refractivity contribution < 1.29 is 4.74 Å². The van der Waals surface area contributed by atoms with Gasteiger partial charge in [0.1, 0.15) is 0 Å². The van der Waals surface area contributed by atoms with Crippen molar-refractivity contribution in [1.82, 2.24) is 5.32 Å². The molecule has 0 bridgehead atoms. The van der Waals surface area contributed by atoms with Crippen molar-refractivity contribution in [2.45, 2.75) is 77.0 Å². The summed E-state index contributed by atoms with van der Waals surface area (Å²) in [6.45, 7) is 6.41. The van der Waals surface area contributed by atoms with E-state index < -0.39 is 0 Å². The molecule has 112 valence electrons. The molecule has 2 fully saturated rings. The van der Waals surface area contributed by atoms with Crippen molar-refractivity contribution >= 4 is 11.3 Å². The standard InChI is InChI=1S/C17H27NOS/c1-13-10-16(20-14(13)2)12-18-11-15-6-9-17(19-15)7-4-3-5-8-17/h10,15,18H,3-9,11-12H2,1-2H3. The van der Waals surface area contributed by atoms with E-state index in [4.69, 9.17) is 4.74 Å². The first-order valence-corrected chi connectivity index (χ1v) is 8.93. The van der Waals surface area contributed by atoms with Crippen LogP contribution in [0.15, 0.2) is 6.07 Å².